The second-order valence-electron chi connectivity index (χ2n) is 5.59. The molecule has 1 N–H and O–H groups in total. The third-order valence-corrected chi connectivity index (χ3v) is 5.99. The number of H-pyrrole nitrogens is 1. The fourth-order valence-corrected chi connectivity index (χ4v) is 3.86. The van der Waals surface area contributed by atoms with E-state index in [1.807, 2.05) is 0 Å². The first-order valence-corrected chi connectivity index (χ1v) is 8.62. The number of sulfonamides is 1. The van der Waals surface area contributed by atoms with E-state index in [0.29, 0.717) is 18.3 Å². The lowest BCUT2D eigenvalue weighted by Crippen LogP contribution is -2.30. The van der Waals surface area contributed by atoms with Crippen molar-refractivity contribution < 1.29 is 12.8 Å². The largest absolute Gasteiger partial charge is 0.263 e. The van der Waals surface area contributed by atoms with Crippen LogP contribution in [0, 0.1) is 5.92 Å². The number of rotatable bonds is 5. The number of aromatic amines is 1. The Balaban J connectivity index is 1.80. The first-order valence-electron chi connectivity index (χ1n) is 7.01. The number of alkyl halides is 1. The molecule has 112 valence electrons. The summed E-state index contributed by atoms with van der Waals surface area (Å²) in [4.78, 5) is 4.44. The molecule has 0 spiro atoms. The maximum atomic E-state index is 13.2. The van der Waals surface area contributed by atoms with Crippen molar-refractivity contribution in [3.05, 3.63) is 11.6 Å². The predicted octanol–water partition coefficient (Wildman–Crippen LogP) is 1.02. The highest BCUT2D eigenvalue weighted by atomic mass is 32.2. The highest BCUT2D eigenvalue weighted by molar-refractivity contribution is 7.89. The quantitative estimate of drug-likeness (QED) is 0.880. The molecule has 20 heavy (non-hydrogen) atoms. The molecule has 3 rings (SSSR count). The van der Waals surface area contributed by atoms with Crippen LogP contribution < -0.4 is 0 Å². The molecule has 2 aliphatic rings. The second kappa shape index (κ2) is 5.07. The molecule has 1 aromatic rings. The molecule has 1 aliphatic heterocycles. The van der Waals surface area contributed by atoms with Gasteiger partial charge in [0.15, 0.2) is 5.82 Å². The number of nitrogens with one attached hydrogen (secondary N) is 1. The number of hydrogen-bond acceptors (Lipinski definition) is 4. The minimum atomic E-state index is -3.27. The SMILES string of the molecule is CCS(=O)(=O)N1C[C@@H](CF)[C@H](c2nc(C3CC3)n[nH]2)C1. The average Bonchev–Trinajstić information content (AvgIpc) is 3.02. The molecule has 1 saturated heterocycles. The molecule has 0 radical (unpaired) electrons. The van der Waals surface area contributed by atoms with Crippen LogP contribution in [0.5, 0.6) is 0 Å². The van der Waals surface area contributed by atoms with E-state index in [2.05, 4.69) is 15.2 Å². The van der Waals surface area contributed by atoms with Crippen LogP contribution in [0.3, 0.4) is 0 Å². The first-order chi connectivity index (χ1) is 9.55. The average molecular weight is 302 g/mol. The monoisotopic (exact) mass is 302 g/mol. The van der Waals surface area contributed by atoms with Crippen molar-refractivity contribution in [2.75, 3.05) is 25.5 Å². The van der Waals surface area contributed by atoms with Crippen molar-refractivity contribution in [2.45, 2.75) is 31.6 Å². The lowest BCUT2D eigenvalue weighted by molar-refractivity contribution is 0.346. The maximum Gasteiger partial charge on any atom is 0.213 e. The lowest BCUT2D eigenvalue weighted by atomic mass is 9.97. The fourth-order valence-electron chi connectivity index (χ4n) is 2.69. The summed E-state index contributed by atoms with van der Waals surface area (Å²) in [7, 11) is -3.27. The molecule has 6 nitrogen and oxygen atoms in total. The van der Waals surface area contributed by atoms with Crippen LogP contribution in [-0.4, -0.2) is 53.4 Å². The predicted molar refractivity (Wildman–Crippen MR) is 71.6 cm³/mol. The summed E-state index contributed by atoms with van der Waals surface area (Å²) in [5.74, 6) is 1.33. The minimum Gasteiger partial charge on any atom is -0.263 e. The number of nitrogens with zero attached hydrogens (tertiary/aromatic N) is 3. The molecule has 8 heteroatoms. The van der Waals surface area contributed by atoms with Crippen LogP contribution in [0.2, 0.25) is 0 Å². The molecule has 1 aromatic heterocycles. The van der Waals surface area contributed by atoms with Gasteiger partial charge in [0.2, 0.25) is 10.0 Å². The summed E-state index contributed by atoms with van der Waals surface area (Å²) in [5.41, 5.74) is 0. The van der Waals surface area contributed by atoms with Gasteiger partial charge < -0.3 is 0 Å². The van der Waals surface area contributed by atoms with E-state index < -0.39 is 16.7 Å². The second-order valence-corrected chi connectivity index (χ2v) is 7.85. The molecular weight excluding hydrogens is 283 g/mol. The van der Waals surface area contributed by atoms with Crippen molar-refractivity contribution >= 4 is 10.0 Å². The number of hydrogen-bond donors (Lipinski definition) is 1. The van der Waals surface area contributed by atoms with Crippen molar-refractivity contribution in [1.82, 2.24) is 19.5 Å². The Morgan fingerprint density at radius 1 is 1.40 bits per heavy atom. The van der Waals surface area contributed by atoms with E-state index in [1.54, 1.807) is 6.92 Å². The van der Waals surface area contributed by atoms with Gasteiger partial charge in [-0.25, -0.2) is 17.7 Å². The summed E-state index contributed by atoms with van der Waals surface area (Å²) in [6.07, 6.45) is 2.20. The van der Waals surface area contributed by atoms with Crippen molar-refractivity contribution in [3.8, 4) is 0 Å². The van der Waals surface area contributed by atoms with Gasteiger partial charge in [-0.05, 0) is 19.8 Å². The summed E-state index contributed by atoms with van der Waals surface area (Å²) < 4.78 is 38.4. The van der Waals surface area contributed by atoms with Crippen LogP contribution in [0.1, 0.15) is 43.3 Å². The summed E-state index contributed by atoms with van der Waals surface area (Å²) >= 11 is 0. The number of aromatic nitrogens is 3. The summed E-state index contributed by atoms with van der Waals surface area (Å²) in [6.45, 7) is 1.59. The van der Waals surface area contributed by atoms with E-state index in [4.69, 9.17) is 0 Å². The van der Waals surface area contributed by atoms with Crippen molar-refractivity contribution in [2.24, 2.45) is 5.92 Å². The molecule has 1 saturated carbocycles. The molecule has 1 aliphatic carbocycles. The van der Waals surface area contributed by atoms with E-state index in [-0.39, 0.29) is 24.1 Å². The molecule has 0 unspecified atom stereocenters. The Bertz CT molecular complexity index is 584. The van der Waals surface area contributed by atoms with Crippen molar-refractivity contribution in [1.29, 1.82) is 0 Å². The Kier molecular flexibility index (Phi) is 3.53. The van der Waals surface area contributed by atoms with Crippen LogP contribution in [-0.2, 0) is 10.0 Å². The van der Waals surface area contributed by atoms with Crippen LogP contribution >= 0.6 is 0 Å². The third kappa shape index (κ3) is 2.46. The fraction of sp³-hybridized carbons (Fsp3) is 0.833. The van der Waals surface area contributed by atoms with E-state index >= 15 is 0 Å². The van der Waals surface area contributed by atoms with Gasteiger partial charge in [-0.1, -0.05) is 0 Å². The number of halogens is 1. The Morgan fingerprint density at radius 3 is 2.75 bits per heavy atom. The zero-order valence-corrected chi connectivity index (χ0v) is 12.2. The molecule has 0 amide bonds. The summed E-state index contributed by atoms with van der Waals surface area (Å²) in [6, 6.07) is 0. The van der Waals surface area contributed by atoms with Crippen LogP contribution in [0.25, 0.3) is 0 Å². The highest BCUT2D eigenvalue weighted by Crippen LogP contribution is 2.39. The van der Waals surface area contributed by atoms with Gasteiger partial charge in [0.25, 0.3) is 0 Å². The standard InChI is InChI=1S/C12H19FN4O2S/c1-2-20(18,19)17-6-9(5-13)10(7-17)12-14-11(15-16-12)8-3-4-8/h8-10H,2-7H2,1H3,(H,14,15,16)/t9-,10-/m1/s1. The normalized spacial score (nSPS) is 28.1. The van der Waals surface area contributed by atoms with Gasteiger partial charge in [-0.3, -0.25) is 9.49 Å². The maximum absolute atomic E-state index is 13.2. The van der Waals surface area contributed by atoms with E-state index in [0.717, 1.165) is 18.7 Å². The van der Waals surface area contributed by atoms with Gasteiger partial charge in [0.1, 0.15) is 5.82 Å². The van der Waals surface area contributed by atoms with Crippen LogP contribution in [0.15, 0.2) is 0 Å². The van der Waals surface area contributed by atoms with Gasteiger partial charge in [-0.15, -0.1) is 0 Å². The zero-order valence-electron chi connectivity index (χ0n) is 11.4. The first kappa shape index (κ1) is 13.9. The van der Waals surface area contributed by atoms with Gasteiger partial charge in [0.05, 0.1) is 12.4 Å². The third-order valence-electron chi connectivity index (χ3n) is 4.18. The van der Waals surface area contributed by atoms with E-state index in [9.17, 15) is 12.8 Å². The van der Waals surface area contributed by atoms with Gasteiger partial charge >= 0.3 is 0 Å². The van der Waals surface area contributed by atoms with Crippen LogP contribution in [0.4, 0.5) is 4.39 Å². The highest BCUT2D eigenvalue weighted by Gasteiger charge is 2.41. The summed E-state index contributed by atoms with van der Waals surface area (Å²) in [5, 5.41) is 7.05. The topological polar surface area (TPSA) is 79.0 Å². The lowest BCUT2D eigenvalue weighted by Gasteiger charge is -2.14. The Morgan fingerprint density at radius 2 is 2.15 bits per heavy atom. The van der Waals surface area contributed by atoms with Crippen molar-refractivity contribution in [3.63, 3.8) is 0 Å². The Hall–Kier alpha value is -1.02. The molecule has 2 fully saturated rings. The molecule has 2 heterocycles. The van der Waals surface area contributed by atoms with Gasteiger partial charge in [-0.2, -0.15) is 5.10 Å². The smallest absolute Gasteiger partial charge is 0.213 e. The molecule has 0 bridgehead atoms. The van der Waals surface area contributed by atoms with Gasteiger partial charge in [0, 0.05) is 30.8 Å². The Labute approximate surface area is 117 Å². The van der Waals surface area contributed by atoms with E-state index in [1.165, 1.54) is 4.31 Å². The molecular formula is C12H19FN4O2S. The molecule has 0 aromatic carbocycles. The zero-order chi connectivity index (χ0) is 14.3. The molecule has 2 atom stereocenters. The minimum absolute atomic E-state index is 0.0441.